The predicted molar refractivity (Wildman–Crippen MR) is 64.4 cm³/mol. The van der Waals surface area contributed by atoms with Gasteiger partial charge in [0.2, 0.25) is 0 Å². The Hall–Kier alpha value is 0. The lowest BCUT2D eigenvalue weighted by Gasteiger charge is -2.19. The van der Waals surface area contributed by atoms with E-state index in [9.17, 15) is 0 Å². The first-order valence-corrected chi connectivity index (χ1v) is 6.58. The van der Waals surface area contributed by atoms with Gasteiger partial charge in [0.05, 0.1) is 0 Å². The minimum Gasteiger partial charge on any atom is -0.0628 e. The summed E-state index contributed by atoms with van der Waals surface area (Å²) in [7, 11) is 0. The van der Waals surface area contributed by atoms with Crippen LogP contribution in [-0.4, -0.2) is 0 Å². The fourth-order valence-electron chi connectivity index (χ4n) is 2.39. The van der Waals surface area contributed by atoms with Crippen LogP contribution in [-0.2, 0) is 0 Å². The standard InChI is InChI=1S/C14H28/c1-11(2)5-6-14(9-12(3)4)10-13-7-8-13/h11-14H,5-10H2,1-4H3. The normalized spacial score (nSPS) is 19.3. The van der Waals surface area contributed by atoms with Crippen LogP contribution in [0.5, 0.6) is 0 Å². The highest BCUT2D eigenvalue weighted by Crippen LogP contribution is 2.38. The van der Waals surface area contributed by atoms with Crippen molar-refractivity contribution in [3.05, 3.63) is 0 Å². The molecule has 0 N–H and O–H groups in total. The number of rotatable bonds is 7. The maximum absolute atomic E-state index is 2.37. The van der Waals surface area contributed by atoms with E-state index in [0.717, 1.165) is 23.7 Å². The van der Waals surface area contributed by atoms with Crippen LogP contribution in [0.3, 0.4) is 0 Å². The fraction of sp³-hybridized carbons (Fsp3) is 1.00. The van der Waals surface area contributed by atoms with E-state index in [4.69, 9.17) is 0 Å². The van der Waals surface area contributed by atoms with Crippen molar-refractivity contribution in [3.8, 4) is 0 Å². The van der Waals surface area contributed by atoms with Gasteiger partial charge < -0.3 is 0 Å². The molecule has 0 aromatic rings. The Kier molecular flexibility index (Phi) is 4.98. The average Bonchev–Trinajstić information content (AvgIpc) is 2.83. The van der Waals surface area contributed by atoms with Gasteiger partial charge in [0.1, 0.15) is 0 Å². The summed E-state index contributed by atoms with van der Waals surface area (Å²) >= 11 is 0. The lowest BCUT2D eigenvalue weighted by molar-refractivity contribution is 0.325. The van der Waals surface area contributed by atoms with Gasteiger partial charge in [-0.1, -0.05) is 53.4 Å². The first-order chi connectivity index (χ1) is 6.58. The Morgan fingerprint density at radius 2 is 1.57 bits per heavy atom. The Balaban J connectivity index is 2.19. The predicted octanol–water partition coefficient (Wildman–Crippen LogP) is 4.89. The molecule has 1 saturated carbocycles. The minimum absolute atomic E-state index is 0.892. The maximum Gasteiger partial charge on any atom is -0.0409 e. The van der Waals surface area contributed by atoms with Crippen LogP contribution < -0.4 is 0 Å². The summed E-state index contributed by atoms with van der Waals surface area (Å²) in [6, 6.07) is 0. The maximum atomic E-state index is 2.37. The van der Waals surface area contributed by atoms with Gasteiger partial charge in [-0.3, -0.25) is 0 Å². The number of hydrogen-bond donors (Lipinski definition) is 0. The zero-order valence-electron chi connectivity index (χ0n) is 10.6. The summed E-state index contributed by atoms with van der Waals surface area (Å²) < 4.78 is 0. The van der Waals surface area contributed by atoms with Crippen molar-refractivity contribution in [2.45, 2.75) is 66.2 Å². The summed E-state index contributed by atoms with van der Waals surface area (Å²) in [5, 5.41) is 0. The number of hydrogen-bond acceptors (Lipinski definition) is 0. The zero-order valence-corrected chi connectivity index (χ0v) is 10.6. The molecule has 0 aliphatic heterocycles. The van der Waals surface area contributed by atoms with E-state index < -0.39 is 0 Å². The molecular weight excluding hydrogens is 168 g/mol. The van der Waals surface area contributed by atoms with Crippen molar-refractivity contribution < 1.29 is 0 Å². The largest absolute Gasteiger partial charge is 0.0628 e. The molecule has 1 unspecified atom stereocenters. The molecule has 1 rings (SSSR count). The first kappa shape index (κ1) is 12.1. The molecule has 0 aromatic carbocycles. The van der Waals surface area contributed by atoms with Crippen molar-refractivity contribution in [2.75, 3.05) is 0 Å². The van der Waals surface area contributed by atoms with Crippen molar-refractivity contribution in [1.29, 1.82) is 0 Å². The molecule has 0 saturated heterocycles. The lowest BCUT2D eigenvalue weighted by atomic mass is 9.87. The molecule has 1 aliphatic carbocycles. The van der Waals surface area contributed by atoms with Crippen LogP contribution in [0.4, 0.5) is 0 Å². The molecule has 0 heteroatoms. The minimum atomic E-state index is 0.892. The third-order valence-electron chi connectivity index (χ3n) is 3.32. The van der Waals surface area contributed by atoms with E-state index in [-0.39, 0.29) is 0 Å². The molecule has 0 aromatic heterocycles. The SMILES string of the molecule is CC(C)CCC(CC(C)C)CC1CC1. The molecule has 1 atom stereocenters. The van der Waals surface area contributed by atoms with Crippen LogP contribution >= 0.6 is 0 Å². The highest BCUT2D eigenvalue weighted by Gasteiger charge is 2.25. The van der Waals surface area contributed by atoms with E-state index in [2.05, 4.69) is 27.7 Å². The topological polar surface area (TPSA) is 0 Å². The van der Waals surface area contributed by atoms with E-state index in [1.54, 1.807) is 0 Å². The molecule has 0 nitrogen and oxygen atoms in total. The first-order valence-electron chi connectivity index (χ1n) is 6.58. The molecule has 0 bridgehead atoms. The highest BCUT2D eigenvalue weighted by molar-refractivity contribution is 4.77. The molecule has 0 heterocycles. The lowest BCUT2D eigenvalue weighted by Crippen LogP contribution is -2.07. The summed E-state index contributed by atoms with van der Waals surface area (Å²) in [5.74, 6) is 3.94. The van der Waals surface area contributed by atoms with E-state index >= 15 is 0 Å². The highest BCUT2D eigenvalue weighted by atomic mass is 14.3. The molecule has 1 fully saturated rings. The van der Waals surface area contributed by atoms with Crippen LogP contribution in [0, 0.1) is 23.7 Å². The van der Waals surface area contributed by atoms with Gasteiger partial charge in [0, 0.05) is 0 Å². The quantitative estimate of drug-likeness (QED) is 0.544. The molecule has 0 spiro atoms. The summed E-state index contributed by atoms with van der Waals surface area (Å²) in [5.41, 5.74) is 0. The van der Waals surface area contributed by atoms with Crippen molar-refractivity contribution in [3.63, 3.8) is 0 Å². The summed E-state index contributed by atoms with van der Waals surface area (Å²) in [6.07, 6.45) is 8.96. The monoisotopic (exact) mass is 196 g/mol. The summed E-state index contributed by atoms with van der Waals surface area (Å²) in [4.78, 5) is 0. The molecule has 14 heavy (non-hydrogen) atoms. The Bertz CT molecular complexity index is 138. The Labute approximate surface area is 90.5 Å². The van der Waals surface area contributed by atoms with Crippen molar-refractivity contribution in [1.82, 2.24) is 0 Å². The van der Waals surface area contributed by atoms with Gasteiger partial charge in [-0.25, -0.2) is 0 Å². The van der Waals surface area contributed by atoms with E-state index in [1.807, 2.05) is 0 Å². The molecule has 0 radical (unpaired) electrons. The van der Waals surface area contributed by atoms with Gasteiger partial charge in [0.15, 0.2) is 0 Å². The molecular formula is C14H28. The second-order valence-electron chi connectivity index (χ2n) is 6.15. The third kappa shape index (κ3) is 5.67. The second kappa shape index (κ2) is 5.78. The fourth-order valence-corrected chi connectivity index (χ4v) is 2.39. The Morgan fingerprint density at radius 3 is 2.00 bits per heavy atom. The molecule has 1 aliphatic rings. The van der Waals surface area contributed by atoms with Gasteiger partial charge in [-0.05, 0) is 36.5 Å². The molecule has 0 amide bonds. The van der Waals surface area contributed by atoms with Gasteiger partial charge in [-0.15, -0.1) is 0 Å². The Morgan fingerprint density at radius 1 is 0.929 bits per heavy atom. The summed E-state index contributed by atoms with van der Waals surface area (Å²) in [6.45, 7) is 9.44. The van der Waals surface area contributed by atoms with Gasteiger partial charge in [-0.2, -0.15) is 0 Å². The van der Waals surface area contributed by atoms with Crippen LogP contribution in [0.15, 0.2) is 0 Å². The zero-order chi connectivity index (χ0) is 10.6. The smallest absolute Gasteiger partial charge is 0.0409 e. The van der Waals surface area contributed by atoms with Gasteiger partial charge in [0.25, 0.3) is 0 Å². The van der Waals surface area contributed by atoms with Gasteiger partial charge >= 0.3 is 0 Å². The molecule has 84 valence electrons. The average molecular weight is 196 g/mol. The van der Waals surface area contributed by atoms with Crippen molar-refractivity contribution in [2.24, 2.45) is 23.7 Å². The van der Waals surface area contributed by atoms with Crippen molar-refractivity contribution >= 4 is 0 Å². The van der Waals surface area contributed by atoms with E-state index in [1.165, 1.54) is 38.5 Å². The van der Waals surface area contributed by atoms with Crippen LogP contribution in [0.25, 0.3) is 0 Å². The van der Waals surface area contributed by atoms with E-state index in [0.29, 0.717) is 0 Å². The van der Waals surface area contributed by atoms with Crippen LogP contribution in [0.1, 0.15) is 66.2 Å². The third-order valence-corrected chi connectivity index (χ3v) is 3.32. The van der Waals surface area contributed by atoms with Crippen LogP contribution in [0.2, 0.25) is 0 Å². The second-order valence-corrected chi connectivity index (χ2v) is 6.15.